The summed E-state index contributed by atoms with van der Waals surface area (Å²) in [4.78, 5) is 0. The second-order valence-corrected chi connectivity index (χ2v) is 5.39. The first-order chi connectivity index (χ1) is 7.07. The fraction of sp³-hybridized carbons (Fsp3) is 0.455. The second-order valence-electron chi connectivity index (χ2n) is 3.80. The molecule has 1 fully saturated rings. The van der Waals surface area contributed by atoms with Gasteiger partial charge in [0, 0.05) is 16.4 Å². The number of hydrogen-bond acceptors (Lipinski definition) is 2. The lowest BCUT2D eigenvalue weighted by atomic mass is 9.95. The maximum atomic E-state index is 13.7. The number of rotatable bonds is 2. The van der Waals surface area contributed by atoms with Crippen LogP contribution in [-0.4, -0.2) is 12.9 Å². The summed E-state index contributed by atoms with van der Waals surface area (Å²) in [6.45, 7) is 1.94. The standard InChI is InChI=1S/C11H12F2OS/c1-11(3-4-15-11)7-5-9(13)10(14-2)6-8(7)12/h5-6H,3-4H2,1-2H3. The third kappa shape index (κ3) is 1.71. The quantitative estimate of drug-likeness (QED) is 0.770. The highest BCUT2D eigenvalue weighted by molar-refractivity contribution is 8.01. The topological polar surface area (TPSA) is 9.23 Å². The predicted octanol–water partition coefficient (Wildman–Crippen LogP) is 3.33. The molecule has 1 saturated heterocycles. The van der Waals surface area contributed by atoms with Crippen LogP contribution in [0.2, 0.25) is 0 Å². The van der Waals surface area contributed by atoms with Gasteiger partial charge in [-0.25, -0.2) is 8.78 Å². The van der Waals surface area contributed by atoms with E-state index in [2.05, 4.69) is 0 Å². The first-order valence-corrected chi connectivity index (χ1v) is 5.73. The van der Waals surface area contributed by atoms with Crippen LogP contribution in [-0.2, 0) is 4.75 Å². The summed E-state index contributed by atoms with van der Waals surface area (Å²) >= 11 is 1.65. The van der Waals surface area contributed by atoms with Crippen LogP contribution in [0.15, 0.2) is 12.1 Å². The highest BCUT2D eigenvalue weighted by Gasteiger charge is 2.37. The molecular weight excluding hydrogens is 218 g/mol. The number of methoxy groups -OCH3 is 1. The van der Waals surface area contributed by atoms with Gasteiger partial charge in [0.25, 0.3) is 0 Å². The van der Waals surface area contributed by atoms with Crippen molar-refractivity contribution in [2.45, 2.75) is 18.1 Å². The van der Waals surface area contributed by atoms with Crippen molar-refractivity contribution >= 4 is 11.8 Å². The molecule has 1 atom stereocenters. The molecule has 0 amide bonds. The Morgan fingerprint density at radius 2 is 2.00 bits per heavy atom. The molecule has 0 radical (unpaired) electrons. The largest absolute Gasteiger partial charge is 0.494 e. The van der Waals surface area contributed by atoms with Crippen molar-refractivity contribution in [2.24, 2.45) is 0 Å². The zero-order valence-electron chi connectivity index (χ0n) is 8.64. The fourth-order valence-electron chi connectivity index (χ4n) is 1.71. The molecule has 0 saturated carbocycles. The molecule has 1 aromatic rings. The van der Waals surface area contributed by atoms with Gasteiger partial charge in [-0.05, 0) is 25.2 Å². The molecule has 1 aliphatic heterocycles. The van der Waals surface area contributed by atoms with Crippen molar-refractivity contribution in [1.82, 2.24) is 0 Å². The summed E-state index contributed by atoms with van der Waals surface area (Å²) in [5, 5.41) is 0. The molecule has 1 aliphatic rings. The fourth-order valence-corrected chi connectivity index (χ4v) is 2.84. The molecule has 82 valence electrons. The summed E-state index contributed by atoms with van der Waals surface area (Å²) in [7, 11) is 1.33. The predicted molar refractivity (Wildman–Crippen MR) is 57.3 cm³/mol. The van der Waals surface area contributed by atoms with E-state index in [1.165, 1.54) is 13.2 Å². The molecule has 0 aliphatic carbocycles. The van der Waals surface area contributed by atoms with Gasteiger partial charge in [0.05, 0.1) is 7.11 Å². The molecule has 4 heteroatoms. The Hall–Kier alpha value is -0.770. The monoisotopic (exact) mass is 230 g/mol. The van der Waals surface area contributed by atoms with Crippen LogP contribution >= 0.6 is 11.8 Å². The van der Waals surface area contributed by atoms with Gasteiger partial charge in [-0.15, -0.1) is 0 Å². The summed E-state index contributed by atoms with van der Waals surface area (Å²) in [6.07, 6.45) is 0.889. The SMILES string of the molecule is COc1cc(F)c(C2(C)CCS2)cc1F. The summed E-state index contributed by atoms with van der Waals surface area (Å²) in [6, 6.07) is 2.37. The van der Waals surface area contributed by atoms with E-state index in [0.717, 1.165) is 18.2 Å². The van der Waals surface area contributed by atoms with Gasteiger partial charge in [-0.1, -0.05) is 0 Å². The Balaban J connectivity index is 2.45. The maximum absolute atomic E-state index is 13.7. The van der Waals surface area contributed by atoms with Crippen molar-refractivity contribution in [3.63, 3.8) is 0 Å². The van der Waals surface area contributed by atoms with E-state index in [-0.39, 0.29) is 16.3 Å². The Morgan fingerprint density at radius 3 is 2.47 bits per heavy atom. The minimum Gasteiger partial charge on any atom is -0.494 e. The van der Waals surface area contributed by atoms with Gasteiger partial charge < -0.3 is 4.74 Å². The van der Waals surface area contributed by atoms with Crippen LogP contribution < -0.4 is 4.74 Å². The molecule has 1 heterocycles. The van der Waals surface area contributed by atoms with E-state index in [9.17, 15) is 8.78 Å². The van der Waals surface area contributed by atoms with E-state index in [1.807, 2.05) is 6.92 Å². The average Bonchev–Trinajstić information content (AvgIpc) is 2.17. The minimum absolute atomic E-state index is 0.0378. The van der Waals surface area contributed by atoms with E-state index < -0.39 is 5.82 Å². The van der Waals surface area contributed by atoms with Crippen LogP contribution in [0.3, 0.4) is 0 Å². The molecule has 1 aromatic carbocycles. The molecule has 15 heavy (non-hydrogen) atoms. The van der Waals surface area contributed by atoms with E-state index in [0.29, 0.717) is 5.56 Å². The van der Waals surface area contributed by atoms with Crippen molar-refractivity contribution in [3.8, 4) is 5.75 Å². The zero-order valence-corrected chi connectivity index (χ0v) is 9.46. The molecule has 0 spiro atoms. The maximum Gasteiger partial charge on any atom is 0.165 e. The van der Waals surface area contributed by atoms with Gasteiger partial charge in [-0.2, -0.15) is 11.8 Å². The van der Waals surface area contributed by atoms with Gasteiger partial charge >= 0.3 is 0 Å². The molecule has 0 bridgehead atoms. The van der Waals surface area contributed by atoms with Gasteiger partial charge in [0.2, 0.25) is 0 Å². The van der Waals surface area contributed by atoms with Crippen molar-refractivity contribution in [2.75, 3.05) is 12.9 Å². The smallest absolute Gasteiger partial charge is 0.165 e. The van der Waals surface area contributed by atoms with Crippen molar-refractivity contribution < 1.29 is 13.5 Å². The highest BCUT2D eigenvalue weighted by atomic mass is 32.2. The van der Waals surface area contributed by atoms with E-state index in [1.54, 1.807) is 11.8 Å². The second kappa shape index (κ2) is 3.67. The molecule has 0 N–H and O–H groups in total. The number of hydrogen-bond donors (Lipinski definition) is 0. The van der Waals surface area contributed by atoms with Gasteiger partial charge in [0.1, 0.15) is 5.82 Å². The molecule has 1 nitrogen and oxygen atoms in total. The number of halogens is 2. The third-order valence-corrected chi connectivity index (χ3v) is 4.28. The molecule has 0 aromatic heterocycles. The highest BCUT2D eigenvalue weighted by Crippen LogP contribution is 2.50. The molecular formula is C11H12F2OS. The van der Waals surface area contributed by atoms with Crippen LogP contribution in [0.1, 0.15) is 18.9 Å². The lowest BCUT2D eigenvalue weighted by Gasteiger charge is -2.38. The normalized spacial score (nSPS) is 24.8. The lowest BCUT2D eigenvalue weighted by molar-refractivity contribution is 0.380. The first kappa shape index (κ1) is 10.7. The summed E-state index contributed by atoms with van der Waals surface area (Å²) in [5.74, 6) is 0.0820. The van der Waals surface area contributed by atoms with Crippen molar-refractivity contribution in [1.29, 1.82) is 0 Å². The van der Waals surface area contributed by atoms with Gasteiger partial charge in [0.15, 0.2) is 11.6 Å². The van der Waals surface area contributed by atoms with Crippen LogP contribution in [0, 0.1) is 11.6 Å². The van der Waals surface area contributed by atoms with E-state index >= 15 is 0 Å². The summed E-state index contributed by atoms with van der Waals surface area (Å²) < 4.78 is 31.6. The summed E-state index contributed by atoms with van der Waals surface area (Å²) in [5.41, 5.74) is 0.442. The Kier molecular flexibility index (Phi) is 2.63. The first-order valence-electron chi connectivity index (χ1n) is 4.74. The van der Waals surface area contributed by atoms with Gasteiger partial charge in [-0.3, -0.25) is 0 Å². The molecule has 2 rings (SSSR count). The third-order valence-electron chi connectivity index (χ3n) is 2.81. The molecule has 1 unspecified atom stereocenters. The lowest BCUT2D eigenvalue weighted by Crippen LogP contribution is -2.29. The number of thioether (sulfide) groups is 1. The minimum atomic E-state index is -0.498. The average molecular weight is 230 g/mol. The Bertz CT molecular complexity index is 388. The van der Waals surface area contributed by atoms with Crippen LogP contribution in [0.5, 0.6) is 5.75 Å². The number of benzene rings is 1. The number of ether oxygens (including phenoxy) is 1. The Labute approximate surface area is 91.8 Å². The van der Waals surface area contributed by atoms with E-state index in [4.69, 9.17) is 4.74 Å². The van der Waals surface area contributed by atoms with Crippen molar-refractivity contribution in [3.05, 3.63) is 29.3 Å². The Morgan fingerprint density at radius 1 is 1.33 bits per heavy atom. The van der Waals surface area contributed by atoms with Crippen LogP contribution in [0.4, 0.5) is 8.78 Å². The van der Waals surface area contributed by atoms with Crippen LogP contribution in [0.25, 0.3) is 0 Å². The zero-order chi connectivity index (χ0) is 11.1.